The van der Waals surface area contributed by atoms with E-state index in [4.69, 9.17) is 15.9 Å². The van der Waals surface area contributed by atoms with Gasteiger partial charge in [-0.2, -0.15) is 0 Å². The van der Waals surface area contributed by atoms with Crippen molar-refractivity contribution in [2.45, 2.75) is 46.1 Å². The molecule has 3 heteroatoms. The number of ether oxygens (including phenoxy) is 2. The Kier molecular flexibility index (Phi) is 8.38. The van der Waals surface area contributed by atoms with E-state index < -0.39 is 0 Å². The molecule has 1 atom stereocenters. The molecule has 0 aromatic heterocycles. The second-order valence-corrected chi connectivity index (χ2v) is 4.78. The standard InChI is InChI=1S/C18H27NO2/c1-5-9-10-11-16(19-6-2)15-12-13-17(20-7-3)18(14-15)21-8-4/h1,12-14,16,19H,6-11H2,2-4H3. The lowest BCUT2D eigenvalue weighted by atomic mass is 10.0. The fourth-order valence-electron chi connectivity index (χ4n) is 2.33. The van der Waals surface area contributed by atoms with E-state index in [0.29, 0.717) is 19.3 Å². The van der Waals surface area contributed by atoms with E-state index in [2.05, 4.69) is 30.3 Å². The van der Waals surface area contributed by atoms with Crippen LogP contribution in [0, 0.1) is 12.3 Å². The van der Waals surface area contributed by atoms with E-state index in [1.165, 1.54) is 5.56 Å². The molecule has 1 N–H and O–H groups in total. The zero-order valence-corrected chi connectivity index (χ0v) is 13.4. The summed E-state index contributed by atoms with van der Waals surface area (Å²) in [6.45, 7) is 8.27. The van der Waals surface area contributed by atoms with Gasteiger partial charge in [0.05, 0.1) is 13.2 Å². The highest BCUT2D eigenvalue weighted by molar-refractivity contribution is 5.44. The molecule has 0 saturated heterocycles. The molecule has 1 unspecified atom stereocenters. The summed E-state index contributed by atoms with van der Waals surface area (Å²) in [5.41, 5.74) is 1.22. The Balaban J connectivity index is 2.91. The summed E-state index contributed by atoms with van der Waals surface area (Å²) < 4.78 is 11.3. The second kappa shape index (κ2) is 10.1. The summed E-state index contributed by atoms with van der Waals surface area (Å²) in [4.78, 5) is 0. The van der Waals surface area contributed by atoms with E-state index in [-0.39, 0.29) is 0 Å². The number of hydrogen-bond donors (Lipinski definition) is 1. The number of hydrogen-bond acceptors (Lipinski definition) is 3. The third kappa shape index (κ3) is 5.69. The van der Waals surface area contributed by atoms with Crippen molar-refractivity contribution in [1.29, 1.82) is 0 Å². The lowest BCUT2D eigenvalue weighted by Crippen LogP contribution is -2.21. The van der Waals surface area contributed by atoms with Gasteiger partial charge < -0.3 is 14.8 Å². The average Bonchev–Trinajstić information content (AvgIpc) is 2.49. The third-order valence-corrected chi connectivity index (χ3v) is 3.23. The van der Waals surface area contributed by atoms with Gasteiger partial charge in [0.2, 0.25) is 0 Å². The molecule has 1 aromatic carbocycles. The molecule has 0 aliphatic heterocycles. The monoisotopic (exact) mass is 289 g/mol. The van der Waals surface area contributed by atoms with E-state index in [0.717, 1.165) is 37.3 Å². The SMILES string of the molecule is C#CCCCC(NCC)c1ccc(OCC)c(OCC)c1. The zero-order chi connectivity index (χ0) is 15.5. The third-order valence-electron chi connectivity index (χ3n) is 3.23. The highest BCUT2D eigenvalue weighted by atomic mass is 16.5. The van der Waals surface area contributed by atoms with Crippen molar-refractivity contribution in [3.8, 4) is 23.8 Å². The van der Waals surface area contributed by atoms with Gasteiger partial charge in [-0.25, -0.2) is 0 Å². The number of nitrogens with one attached hydrogen (secondary N) is 1. The van der Waals surface area contributed by atoms with Gasteiger partial charge in [-0.15, -0.1) is 12.3 Å². The number of rotatable bonds is 10. The molecule has 0 bridgehead atoms. The minimum atomic E-state index is 0.304. The van der Waals surface area contributed by atoms with Crippen molar-refractivity contribution in [2.75, 3.05) is 19.8 Å². The molecule has 0 fully saturated rings. The van der Waals surface area contributed by atoms with Gasteiger partial charge in [-0.3, -0.25) is 0 Å². The lowest BCUT2D eigenvalue weighted by molar-refractivity contribution is 0.287. The topological polar surface area (TPSA) is 30.5 Å². The van der Waals surface area contributed by atoms with E-state index in [1.807, 2.05) is 19.9 Å². The van der Waals surface area contributed by atoms with Crippen LogP contribution in [0.25, 0.3) is 0 Å². The van der Waals surface area contributed by atoms with Crippen LogP contribution in [0.3, 0.4) is 0 Å². The van der Waals surface area contributed by atoms with Crippen LogP contribution in [0.15, 0.2) is 18.2 Å². The Morgan fingerprint density at radius 2 is 1.86 bits per heavy atom. The van der Waals surface area contributed by atoms with E-state index in [9.17, 15) is 0 Å². The molecule has 21 heavy (non-hydrogen) atoms. The summed E-state index contributed by atoms with van der Waals surface area (Å²) in [5, 5.41) is 3.51. The smallest absolute Gasteiger partial charge is 0.161 e. The first-order chi connectivity index (χ1) is 10.3. The predicted molar refractivity (Wildman–Crippen MR) is 87.9 cm³/mol. The maximum Gasteiger partial charge on any atom is 0.161 e. The minimum Gasteiger partial charge on any atom is -0.490 e. The maximum absolute atomic E-state index is 5.70. The molecule has 0 radical (unpaired) electrons. The maximum atomic E-state index is 5.70. The second-order valence-electron chi connectivity index (χ2n) is 4.78. The number of benzene rings is 1. The molecule has 1 aromatic rings. The van der Waals surface area contributed by atoms with Crippen LogP contribution in [0.5, 0.6) is 11.5 Å². The molecule has 3 nitrogen and oxygen atoms in total. The van der Waals surface area contributed by atoms with E-state index in [1.54, 1.807) is 0 Å². The van der Waals surface area contributed by atoms with E-state index >= 15 is 0 Å². The fourth-order valence-corrected chi connectivity index (χ4v) is 2.33. The highest BCUT2D eigenvalue weighted by Crippen LogP contribution is 2.32. The quantitative estimate of drug-likeness (QED) is 0.523. The van der Waals surface area contributed by atoms with Gasteiger partial charge in [0.1, 0.15) is 0 Å². The molecular formula is C18H27NO2. The Morgan fingerprint density at radius 3 is 2.48 bits per heavy atom. The first kappa shape index (κ1) is 17.4. The van der Waals surface area contributed by atoms with Crippen molar-refractivity contribution >= 4 is 0 Å². The van der Waals surface area contributed by atoms with Crippen molar-refractivity contribution in [3.05, 3.63) is 23.8 Å². The van der Waals surface area contributed by atoms with Crippen molar-refractivity contribution in [2.24, 2.45) is 0 Å². The van der Waals surface area contributed by atoms with Gasteiger partial charge in [0.25, 0.3) is 0 Å². The van der Waals surface area contributed by atoms with Gasteiger partial charge >= 0.3 is 0 Å². The summed E-state index contributed by atoms with van der Waals surface area (Å²) in [6.07, 6.45) is 8.20. The minimum absolute atomic E-state index is 0.304. The van der Waals surface area contributed by atoms with Crippen LogP contribution in [-0.4, -0.2) is 19.8 Å². The van der Waals surface area contributed by atoms with Crippen LogP contribution in [0.1, 0.15) is 51.6 Å². The summed E-state index contributed by atoms with van der Waals surface area (Å²) in [7, 11) is 0. The van der Waals surface area contributed by atoms with Crippen LogP contribution in [-0.2, 0) is 0 Å². The molecule has 0 heterocycles. The number of unbranched alkanes of at least 4 members (excludes halogenated alkanes) is 1. The summed E-state index contributed by atoms with van der Waals surface area (Å²) >= 11 is 0. The highest BCUT2D eigenvalue weighted by Gasteiger charge is 2.13. The Morgan fingerprint density at radius 1 is 1.14 bits per heavy atom. The molecule has 0 saturated carbocycles. The average molecular weight is 289 g/mol. The largest absolute Gasteiger partial charge is 0.490 e. The lowest BCUT2D eigenvalue weighted by Gasteiger charge is -2.20. The fraction of sp³-hybridized carbons (Fsp3) is 0.556. The molecular weight excluding hydrogens is 262 g/mol. The summed E-state index contributed by atoms with van der Waals surface area (Å²) in [6, 6.07) is 6.49. The van der Waals surface area contributed by atoms with Crippen molar-refractivity contribution < 1.29 is 9.47 Å². The molecule has 1 rings (SSSR count). The first-order valence-corrected chi connectivity index (χ1v) is 7.83. The van der Waals surface area contributed by atoms with Gasteiger partial charge in [0.15, 0.2) is 11.5 Å². The molecule has 0 amide bonds. The van der Waals surface area contributed by atoms with Gasteiger partial charge in [0, 0.05) is 12.5 Å². The zero-order valence-electron chi connectivity index (χ0n) is 13.4. The molecule has 0 aliphatic rings. The van der Waals surface area contributed by atoms with Gasteiger partial charge in [-0.05, 0) is 50.9 Å². The van der Waals surface area contributed by atoms with Crippen molar-refractivity contribution in [1.82, 2.24) is 5.32 Å². The molecule has 116 valence electrons. The van der Waals surface area contributed by atoms with Crippen molar-refractivity contribution in [3.63, 3.8) is 0 Å². The normalized spacial score (nSPS) is 11.7. The molecule has 0 spiro atoms. The number of terminal acetylenes is 1. The Hall–Kier alpha value is -1.66. The Bertz CT molecular complexity index is 451. The first-order valence-electron chi connectivity index (χ1n) is 7.83. The van der Waals surface area contributed by atoms with Crippen LogP contribution >= 0.6 is 0 Å². The summed E-state index contributed by atoms with van der Waals surface area (Å²) in [5.74, 6) is 4.33. The van der Waals surface area contributed by atoms with Gasteiger partial charge in [-0.1, -0.05) is 13.0 Å². The predicted octanol–water partition coefficient (Wildman–Crippen LogP) is 3.94. The van der Waals surface area contributed by atoms with Crippen LogP contribution in [0.4, 0.5) is 0 Å². The molecule has 0 aliphatic carbocycles. The van der Waals surface area contributed by atoms with Crippen LogP contribution in [0.2, 0.25) is 0 Å². The van der Waals surface area contributed by atoms with Crippen LogP contribution < -0.4 is 14.8 Å². The Labute approximate surface area is 129 Å².